The van der Waals surface area contributed by atoms with Crippen LogP contribution < -0.4 is 4.65 Å². The molecule has 0 aliphatic rings. The van der Waals surface area contributed by atoms with Gasteiger partial charge in [-0.3, -0.25) is 0 Å². The highest BCUT2D eigenvalue weighted by molar-refractivity contribution is 6.17. The van der Waals surface area contributed by atoms with Gasteiger partial charge >= 0.3 is 7.69 Å². The Bertz CT molecular complexity index is 687. The van der Waals surface area contributed by atoms with Gasteiger partial charge in [0.25, 0.3) is 0 Å². The number of fused-ring (bicyclic) bond motifs is 1. The molecule has 0 aromatic heterocycles. The van der Waals surface area contributed by atoms with Crippen molar-refractivity contribution in [2.24, 2.45) is 0 Å². The lowest BCUT2D eigenvalue weighted by Crippen LogP contribution is -1.99. The summed E-state index contributed by atoms with van der Waals surface area (Å²) in [4.78, 5) is 0. The Morgan fingerprint density at radius 1 is 0.789 bits per heavy atom. The molecule has 3 heteroatoms. The van der Waals surface area contributed by atoms with Crippen LogP contribution in [-0.2, 0) is 0 Å². The third kappa shape index (κ3) is 2.33. The molecule has 0 aliphatic heterocycles. The van der Waals surface area contributed by atoms with E-state index in [9.17, 15) is 0 Å². The number of rotatable bonds is 3. The Morgan fingerprint density at radius 3 is 2.32 bits per heavy atom. The lowest BCUT2D eigenvalue weighted by atomic mass is 9.98. The van der Waals surface area contributed by atoms with Crippen LogP contribution in [-0.4, -0.2) is 12.7 Å². The largest absolute Gasteiger partial charge is 0.569 e. The van der Waals surface area contributed by atoms with Gasteiger partial charge in [-0.2, -0.15) is 0 Å². The first kappa shape index (κ1) is 11.8. The molecule has 0 saturated carbocycles. The molecule has 0 atom stereocenters. The van der Waals surface area contributed by atoms with Crippen LogP contribution in [0.15, 0.2) is 66.7 Å². The van der Waals surface area contributed by atoms with E-state index in [-0.39, 0.29) is 0 Å². The molecule has 0 fully saturated rings. The summed E-state index contributed by atoms with van der Waals surface area (Å²) in [7, 11) is 0.687. The monoisotopic (exact) mass is 247 g/mol. The fourth-order valence-electron chi connectivity index (χ4n) is 2.25. The van der Waals surface area contributed by atoms with Crippen molar-refractivity contribution in [2.75, 3.05) is 0 Å². The maximum absolute atomic E-state index is 8.60. The van der Waals surface area contributed by atoms with Crippen LogP contribution in [0.2, 0.25) is 0 Å². The summed E-state index contributed by atoms with van der Waals surface area (Å²) in [5, 5.41) is 11.1. The molecular formula is C16H12BO2. The zero-order chi connectivity index (χ0) is 13.1. The van der Waals surface area contributed by atoms with E-state index in [1.165, 1.54) is 16.3 Å². The van der Waals surface area contributed by atoms with Crippen molar-refractivity contribution in [1.82, 2.24) is 0 Å². The van der Waals surface area contributed by atoms with Crippen LogP contribution in [0.4, 0.5) is 0 Å². The SMILES string of the molecule is O[B]Oc1ccc(-c2cccc3ccccc23)cc1. The Morgan fingerprint density at radius 2 is 1.53 bits per heavy atom. The first-order chi connectivity index (χ1) is 9.38. The highest BCUT2D eigenvalue weighted by atomic mass is 16.5. The highest BCUT2D eigenvalue weighted by Crippen LogP contribution is 2.29. The van der Waals surface area contributed by atoms with E-state index in [1.54, 1.807) is 0 Å². The van der Waals surface area contributed by atoms with E-state index in [0.717, 1.165) is 5.56 Å². The van der Waals surface area contributed by atoms with Gasteiger partial charge in [0.05, 0.1) is 0 Å². The number of benzene rings is 3. The van der Waals surface area contributed by atoms with E-state index in [4.69, 9.17) is 9.68 Å². The average Bonchev–Trinajstić information content (AvgIpc) is 2.48. The third-order valence-corrected chi connectivity index (χ3v) is 3.14. The Kier molecular flexibility index (Phi) is 3.21. The van der Waals surface area contributed by atoms with Gasteiger partial charge < -0.3 is 9.68 Å². The molecule has 0 bridgehead atoms. The fourth-order valence-corrected chi connectivity index (χ4v) is 2.25. The summed E-state index contributed by atoms with van der Waals surface area (Å²) in [6.07, 6.45) is 0. The molecule has 0 heterocycles. The van der Waals surface area contributed by atoms with Gasteiger partial charge in [0.2, 0.25) is 0 Å². The van der Waals surface area contributed by atoms with Crippen LogP contribution in [0.1, 0.15) is 0 Å². The second kappa shape index (κ2) is 5.16. The molecule has 0 unspecified atom stereocenters. The van der Waals surface area contributed by atoms with Gasteiger partial charge in [0.1, 0.15) is 5.75 Å². The van der Waals surface area contributed by atoms with Crippen LogP contribution in [0.3, 0.4) is 0 Å². The number of hydrogen-bond donors (Lipinski definition) is 1. The molecule has 91 valence electrons. The van der Waals surface area contributed by atoms with Crippen LogP contribution in [0, 0.1) is 0 Å². The topological polar surface area (TPSA) is 29.5 Å². The van der Waals surface area contributed by atoms with Crippen molar-refractivity contribution in [3.05, 3.63) is 66.7 Å². The summed E-state index contributed by atoms with van der Waals surface area (Å²) in [5.74, 6) is 0.617. The zero-order valence-electron chi connectivity index (χ0n) is 10.3. The van der Waals surface area contributed by atoms with Gasteiger partial charge in [-0.1, -0.05) is 54.6 Å². The average molecular weight is 247 g/mol. The molecule has 3 aromatic carbocycles. The summed E-state index contributed by atoms with van der Waals surface area (Å²) in [6, 6.07) is 22.2. The Hall–Kier alpha value is -2.26. The zero-order valence-corrected chi connectivity index (χ0v) is 10.3. The van der Waals surface area contributed by atoms with Gasteiger partial charge in [-0.05, 0) is 34.0 Å². The molecule has 3 aromatic rings. The van der Waals surface area contributed by atoms with Crippen molar-refractivity contribution >= 4 is 18.5 Å². The summed E-state index contributed by atoms with van der Waals surface area (Å²) in [5.41, 5.74) is 2.32. The van der Waals surface area contributed by atoms with Gasteiger partial charge in [-0.15, -0.1) is 0 Å². The first-order valence-electron chi connectivity index (χ1n) is 6.09. The van der Waals surface area contributed by atoms with Crippen LogP contribution >= 0.6 is 0 Å². The second-order valence-corrected chi connectivity index (χ2v) is 4.27. The van der Waals surface area contributed by atoms with E-state index in [0.29, 0.717) is 13.4 Å². The Balaban J connectivity index is 2.08. The minimum Gasteiger partial charge on any atom is -0.537 e. The van der Waals surface area contributed by atoms with Gasteiger partial charge in [0, 0.05) is 0 Å². The van der Waals surface area contributed by atoms with Crippen LogP contribution in [0.25, 0.3) is 21.9 Å². The predicted molar refractivity (Wildman–Crippen MR) is 78.0 cm³/mol. The van der Waals surface area contributed by atoms with E-state index >= 15 is 0 Å². The summed E-state index contributed by atoms with van der Waals surface area (Å²) in [6.45, 7) is 0. The molecule has 2 nitrogen and oxygen atoms in total. The minimum atomic E-state index is 0.617. The molecule has 3 rings (SSSR count). The van der Waals surface area contributed by atoms with Gasteiger partial charge in [-0.25, -0.2) is 0 Å². The van der Waals surface area contributed by atoms with Crippen molar-refractivity contribution in [2.45, 2.75) is 0 Å². The molecule has 0 saturated heterocycles. The third-order valence-electron chi connectivity index (χ3n) is 3.14. The lowest BCUT2D eigenvalue weighted by Gasteiger charge is -2.08. The molecule has 19 heavy (non-hydrogen) atoms. The predicted octanol–water partition coefficient (Wildman–Crippen LogP) is 3.41. The van der Waals surface area contributed by atoms with E-state index in [2.05, 4.69) is 30.3 Å². The quantitative estimate of drug-likeness (QED) is 0.718. The smallest absolute Gasteiger partial charge is 0.537 e. The maximum atomic E-state index is 8.60. The summed E-state index contributed by atoms with van der Waals surface area (Å²) < 4.78 is 4.91. The number of hydrogen-bond acceptors (Lipinski definition) is 2. The minimum absolute atomic E-state index is 0.617. The molecular weight excluding hydrogens is 235 g/mol. The molecule has 0 spiro atoms. The van der Waals surface area contributed by atoms with Gasteiger partial charge in [0.15, 0.2) is 0 Å². The first-order valence-corrected chi connectivity index (χ1v) is 6.09. The standard InChI is InChI=1S/C16H12BO2/c18-17-19-14-10-8-13(9-11-14)16-7-3-5-12-4-1-2-6-15(12)16/h1-11,18H. The fraction of sp³-hybridized carbons (Fsp3) is 0. The van der Waals surface area contributed by atoms with Crippen molar-refractivity contribution < 1.29 is 9.68 Å². The van der Waals surface area contributed by atoms with Crippen molar-refractivity contribution in [3.63, 3.8) is 0 Å². The van der Waals surface area contributed by atoms with Crippen molar-refractivity contribution in [1.29, 1.82) is 0 Å². The van der Waals surface area contributed by atoms with E-state index in [1.807, 2.05) is 36.4 Å². The molecule has 1 radical (unpaired) electrons. The molecule has 1 N–H and O–H groups in total. The maximum Gasteiger partial charge on any atom is 0.569 e. The Labute approximate surface area is 112 Å². The lowest BCUT2D eigenvalue weighted by molar-refractivity contribution is 0.454. The highest BCUT2D eigenvalue weighted by Gasteiger charge is 2.03. The second-order valence-electron chi connectivity index (χ2n) is 4.27. The van der Waals surface area contributed by atoms with E-state index < -0.39 is 0 Å². The summed E-state index contributed by atoms with van der Waals surface area (Å²) >= 11 is 0. The van der Waals surface area contributed by atoms with Crippen molar-refractivity contribution in [3.8, 4) is 16.9 Å². The molecule has 0 aliphatic carbocycles. The van der Waals surface area contributed by atoms with Crippen LogP contribution in [0.5, 0.6) is 5.75 Å². The molecule has 0 amide bonds. The normalized spacial score (nSPS) is 10.4.